The van der Waals surface area contributed by atoms with Crippen LogP contribution < -0.4 is 16.4 Å². The monoisotopic (exact) mass is 248 g/mol. The van der Waals surface area contributed by atoms with Crippen LogP contribution in [0.25, 0.3) is 11.0 Å². The summed E-state index contributed by atoms with van der Waals surface area (Å²) < 4.78 is 1.97. The molecule has 2 rings (SSSR count). The number of pyridine rings is 1. The molecule has 0 atom stereocenters. The van der Waals surface area contributed by atoms with Crippen LogP contribution in [0.4, 0.5) is 0 Å². The predicted octanol–water partition coefficient (Wildman–Crippen LogP) is -1.70. The molecule has 0 amide bonds. The van der Waals surface area contributed by atoms with Gasteiger partial charge < -0.3 is 9.90 Å². The van der Waals surface area contributed by atoms with Gasteiger partial charge in [0.2, 0.25) is 0 Å². The van der Waals surface area contributed by atoms with E-state index in [-0.39, 0.29) is 16.6 Å². The Labute approximate surface area is 101 Å². The van der Waals surface area contributed by atoms with Crippen LogP contribution in [0.2, 0.25) is 0 Å². The van der Waals surface area contributed by atoms with Crippen molar-refractivity contribution in [1.82, 2.24) is 14.1 Å². The van der Waals surface area contributed by atoms with Gasteiger partial charge in [-0.05, 0) is 13.0 Å². The molecule has 2 aromatic rings. The number of carboxylic acids is 1. The van der Waals surface area contributed by atoms with Crippen LogP contribution in [-0.4, -0.2) is 20.1 Å². The van der Waals surface area contributed by atoms with Crippen LogP contribution >= 0.6 is 0 Å². The molecule has 18 heavy (non-hydrogen) atoms. The van der Waals surface area contributed by atoms with E-state index in [1.54, 1.807) is 6.92 Å². The summed E-state index contributed by atoms with van der Waals surface area (Å²) in [7, 11) is 2.71. The van der Waals surface area contributed by atoms with E-state index in [0.717, 1.165) is 9.13 Å². The smallest absolute Gasteiger partial charge is 0.332 e. The Bertz CT molecular complexity index is 785. The third-order valence-electron chi connectivity index (χ3n) is 2.76. The van der Waals surface area contributed by atoms with E-state index < -0.39 is 17.2 Å². The molecule has 0 fully saturated rings. The van der Waals surface area contributed by atoms with Crippen molar-refractivity contribution in [3.05, 3.63) is 38.2 Å². The molecule has 0 spiro atoms. The van der Waals surface area contributed by atoms with Gasteiger partial charge in [0.15, 0.2) is 0 Å². The van der Waals surface area contributed by atoms with Crippen LogP contribution in [0.1, 0.15) is 16.1 Å². The van der Waals surface area contributed by atoms with Crippen LogP contribution in [0.3, 0.4) is 0 Å². The maximum absolute atomic E-state index is 12.0. The average Bonchev–Trinajstić information content (AvgIpc) is 2.32. The van der Waals surface area contributed by atoms with Crippen LogP contribution in [0.5, 0.6) is 0 Å². The summed E-state index contributed by atoms with van der Waals surface area (Å²) in [5.74, 6) is -1.47. The molecule has 0 saturated heterocycles. The summed E-state index contributed by atoms with van der Waals surface area (Å²) in [6.07, 6.45) is 0. The van der Waals surface area contributed by atoms with E-state index >= 15 is 0 Å². The molecule has 0 aromatic carbocycles. The fourth-order valence-corrected chi connectivity index (χ4v) is 1.84. The summed E-state index contributed by atoms with van der Waals surface area (Å²) in [6, 6.07) is 1.25. The number of aryl methyl sites for hydroxylation is 2. The van der Waals surface area contributed by atoms with Crippen LogP contribution in [-0.2, 0) is 14.1 Å². The zero-order valence-electron chi connectivity index (χ0n) is 10.1. The Balaban J connectivity index is 3.21. The van der Waals surface area contributed by atoms with E-state index in [9.17, 15) is 19.5 Å². The molecule has 0 aliphatic heterocycles. The van der Waals surface area contributed by atoms with Crippen LogP contribution in [0, 0.1) is 6.92 Å². The number of carboxylic acid groups (broad SMARTS) is 1. The fourth-order valence-electron chi connectivity index (χ4n) is 1.84. The lowest BCUT2D eigenvalue weighted by atomic mass is 10.1. The number of carbonyl (C=O) groups is 1. The molecule has 0 unspecified atom stereocenters. The first-order valence-corrected chi connectivity index (χ1v) is 5.13. The topological polar surface area (TPSA) is 97.0 Å². The number of carbonyl (C=O) groups excluding carboxylic acids is 1. The van der Waals surface area contributed by atoms with Crippen molar-refractivity contribution in [2.45, 2.75) is 6.92 Å². The predicted molar refractivity (Wildman–Crippen MR) is 61.3 cm³/mol. The zero-order valence-corrected chi connectivity index (χ0v) is 10.1. The van der Waals surface area contributed by atoms with Gasteiger partial charge in [0.25, 0.3) is 5.56 Å². The summed E-state index contributed by atoms with van der Waals surface area (Å²) in [5.41, 5.74) is -1.07. The molecule has 0 radical (unpaired) electrons. The van der Waals surface area contributed by atoms with E-state index in [0.29, 0.717) is 5.69 Å². The van der Waals surface area contributed by atoms with Crippen molar-refractivity contribution in [2.24, 2.45) is 14.1 Å². The minimum absolute atomic E-state index is 0.0438. The second-order valence-electron chi connectivity index (χ2n) is 4.00. The molecule has 0 saturated carbocycles. The SMILES string of the molecule is Cc1cc(C(=O)[O-])c2c(=O)n(C)c(=O)n(C)c2n1. The molecule has 0 aliphatic carbocycles. The van der Waals surface area contributed by atoms with Gasteiger partial charge in [0, 0.05) is 25.4 Å². The summed E-state index contributed by atoms with van der Waals surface area (Å²) in [5, 5.41) is 10.9. The molecule has 0 bridgehead atoms. The second-order valence-corrected chi connectivity index (χ2v) is 4.00. The van der Waals surface area contributed by atoms with Gasteiger partial charge in [-0.25, -0.2) is 9.78 Å². The number of rotatable bonds is 1. The average molecular weight is 248 g/mol. The first-order chi connectivity index (χ1) is 8.34. The van der Waals surface area contributed by atoms with Crippen LogP contribution in [0.15, 0.2) is 15.7 Å². The van der Waals surface area contributed by atoms with Gasteiger partial charge in [-0.2, -0.15) is 0 Å². The Morgan fingerprint density at radius 2 is 1.89 bits per heavy atom. The largest absolute Gasteiger partial charge is 0.545 e. The molecule has 2 heterocycles. The normalized spacial score (nSPS) is 10.8. The molecule has 0 N–H and O–H groups in total. The Hall–Kier alpha value is -2.44. The maximum atomic E-state index is 12.0. The van der Waals surface area contributed by atoms with Crippen molar-refractivity contribution in [2.75, 3.05) is 0 Å². The van der Waals surface area contributed by atoms with Crippen molar-refractivity contribution < 1.29 is 9.90 Å². The Kier molecular flexibility index (Phi) is 2.54. The molecule has 7 heteroatoms. The van der Waals surface area contributed by atoms with Gasteiger partial charge in [0.1, 0.15) is 5.65 Å². The lowest BCUT2D eigenvalue weighted by Crippen LogP contribution is -2.39. The van der Waals surface area contributed by atoms with Gasteiger partial charge in [-0.3, -0.25) is 13.9 Å². The summed E-state index contributed by atoms with van der Waals surface area (Å²) in [4.78, 5) is 38.8. The third-order valence-corrected chi connectivity index (χ3v) is 2.76. The number of nitrogens with zero attached hydrogens (tertiary/aromatic N) is 3. The molecule has 94 valence electrons. The highest BCUT2D eigenvalue weighted by molar-refractivity contribution is 6.00. The quantitative estimate of drug-likeness (QED) is 0.599. The standard InChI is InChI=1S/C11H11N3O4/c1-5-4-6(10(16)17)7-8(12-5)13(2)11(18)14(3)9(7)15/h4H,1-3H3,(H,16,17)/p-1. The van der Waals surface area contributed by atoms with Gasteiger partial charge in [0.05, 0.1) is 11.4 Å². The van der Waals surface area contributed by atoms with Crippen molar-refractivity contribution >= 4 is 17.0 Å². The fraction of sp³-hybridized carbons (Fsp3) is 0.273. The molecular formula is C11H10N3O4-. The Morgan fingerprint density at radius 1 is 1.28 bits per heavy atom. The third kappa shape index (κ3) is 1.52. The highest BCUT2D eigenvalue weighted by atomic mass is 16.4. The van der Waals surface area contributed by atoms with E-state index in [2.05, 4.69) is 4.98 Å². The molecule has 7 nitrogen and oxygen atoms in total. The lowest BCUT2D eigenvalue weighted by Gasteiger charge is -2.11. The number of aromatic carboxylic acids is 1. The van der Waals surface area contributed by atoms with Crippen molar-refractivity contribution in [3.63, 3.8) is 0 Å². The number of hydrogen-bond donors (Lipinski definition) is 0. The minimum atomic E-state index is -1.47. The van der Waals surface area contributed by atoms with Gasteiger partial charge >= 0.3 is 5.69 Å². The van der Waals surface area contributed by atoms with Gasteiger partial charge in [-0.1, -0.05) is 0 Å². The maximum Gasteiger partial charge on any atom is 0.332 e. The minimum Gasteiger partial charge on any atom is -0.545 e. The summed E-state index contributed by atoms with van der Waals surface area (Å²) >= 11 is 0. The van der Waals surface area contributed by atoms with E-state index in [1.165, 1.54) is 20.2 Å². The number of hydrogen-bond acceptors (Lipinski definition) is 5. The van der Waals surface area contributed by atoms with E-state index in [4.69, 9.17) is 0 Å². The molecular weight excluding hydrogens is 238 g/mol. The lowest BCUT2D eigenvalue weighted by molar-refractivity contribution is -0.254. The summed E-state index contributed by atoms with van der Waals surface area (Å²) in [6.45, 7) is 1.58. The first-order valence-electron chi connectivity index (χ1n) is 5.13. The van der Waals surface area contributed by atoms with Crippen molar-refractivity contribution in [1.29, 1.82) is 0 Å². The highest BCUT2D eigenvalue weighted by Crippen LogP contribution is 2.12. The molecule has 2 aromatic heterocycles. The second kappa shape index (κ2) is 3.80. The van der Waals surface area contributed by atoms with E-state index in [1.807, 2.05) is 0 Å². The zero-order chi connectivity index (χ0) is 13.6. The highest BCUT2D eigenvalue weighted by Gasteiger charge is 2.14. The number of aromatic nitrogens is 3. The number of fused-ring (bicyclic) bond motifs is 1. The van der Waals surface area contributed by atoms with Crippen molar-refractivity contribution in [3.8, 4) is 0 Å². The molecule has 0 aliphatic rings. The first kappa shape index (κ1) is 12.0. The van der Waals surface area contributed by atoms with Gasteiger partial charge in [-0.15, -0.1) is 0 Å². The Morgan fingerprint density at radius 3 is 2.44 bits per heavy atom.